The molecule has 0 bridgehead atoms. The Morgan fingerprint density at radius 3 is 2.39 bits per heavy atom. The summed E-state index contributed by atoms with van der Waals surface area (Å²) in [6.45, 7) is -0.534. The number of esters is 1. The van der Waals surface area contributed by atoms with Crippen molar-refractivity contribution < 1.29 is 23.9 Å². The normalized spacial score (nSPS) is 14.3. The maximum absolute atomic E-state index is 13.4. The van der Waals surface area contributed by atoms with Crippen molar-refractivity contribution in [1.82, 2.24) is 4.98 Å². The highest BCUT2D eigenvalue weighted by molar-refractivity contribution is 8.00. The van der Waals surface area contributed by atoms with Crippen LogP contribution in [0.15, 0.2) is 64.3 Å². The number of ketones is 1. The molecule has 10 nitrogen and oxygen atoms in total. The molecular weight excluding hydrogens is 645 g/mol. The van der Waals surface area contributed by atoms with Crippen LogP contribution < -0.4 is 10.6 Å². The van der Waals surface area contributed by atoms with Crippen molar-refractivity contribution in [3.8, 4) is 23.3 Å². The van der Waals surface area contributed by atoms with Gasteiger partial charge in [-0.3, -0.25) is 14.4 Å². The number of amides is 2. The zero-order valence-electron chi connectivity index (χ0n) is 22.2. The summed E-state index contributed by atoms with van der Waals surface area (Å²) in [5.41, 5.74) is 7.67. The van der Waals surface area contributed by atoms with E-state index in [0.29, 0.717) is 11.1 Å². The van der Waals surface area contributed by atoms with Crippen molar-refractivity contribution in [2.24, 2.45) is 0 Å². The van der Waals surface area contributed by atoms with Gasteiger partial charge in [-0.2, -0.15) is 21.9 Å². The highest BCUT2D eigenvalue weighted by Crippen LogP contribution is 2.40. The van der Waals surface area contributed by atoms with Gasteiger partial charge in [0.2, 0.25) is 11.8 Å². The van der Waals surface area contributed by atoms with Gasteiger partial charge in [0.05, 0.1) is 32.1 Å². The van der Waals surface area contributed by atoms with Gasteiger partial charge in [0, 0.05) is 17.5 Å². The second-order valence-electron chi connectivity index (χ2n) is 9.22. The van der Waals surface area contributed by atoms with Crippen LogP contribution in [0.1, 0.15) is 38.3 Å². The molecule has 44 heavy (non-hydrogen) atoms. The van der Waals surface area contributed by atoms with Crippen LogP contribution in [0.5, 0.6) is 0 Å². The molecule has 1 aliphatic rings. The van der Waals surface area contributed by atoms with Crippen molar-refractivity contribution in [3.05, 3.63) is 91.6 Å². The fourth-order valence-electron chi connectivity index (χ4n) is 4.39. The molecule has 1 aliphatic heterocycles. The fourth-order valence-corrected chi connectivity index (χ4v) is 6.46. The van der Waals surface area contributed by atoms with E-state index < -0.39 is 35.4 Å². The number of rotatable bonds is 8. The molecule has 3 heterocycles. The van der Waals surface area contributed by atoms with Gasteiger partial charge >= 0.3 is 5.97 Å². The summed E-state index contributed by atoms with van der Waals surface area (Å²) < 4.78 is 5.11. The Morgan fingerprint density at radius 1 is 1.05 bits per heavy atom. The second-order valence-corrected chi connectivity index (χ2v) is 12.0. The molecule has 0 aliphatic carbocycles. The summed E-state index contributed by atoms with van der Waals surface area (Å²) >= 11 is 14.1. The predicted octanol–water partition coefficient (Wildman–Crippen LogP) is 5.91. The Bertz CT molecular complexity index is 1920. The minimum absolute atomic E-state index is 0.0529. The molecule has 0 saturated carbocycles. The molecule has 0 spiro atoms. The lowest BCUT2D eigenvalue weighted by Crippen LogP contribution is -2.31. The maximum Gasteiger partial charge on any atom is 0.338 e. The number of thiophene rings is 1. The Balaban J connectivity index is 1.30. The molecule has 1 saturated heterocycles. The summed E-state index contributed by atoms with van der Waals surface area (Å²) in [6, 6.07) is 15.7. The quantitative estimate of drug-likeness (QED) is 0.136. The number of ether oxygens (including phenoxy) is 1. The smallest absolute Gasteiger partial charge is 0.338 e. The first kappa shape index (κ1) is 30.7. The summed E-state index contributed by atoms with van der Waals surface area (Å²) in [5.74, 6) is -2.40. The number of carbonyl (C=O) groups excluding carboxylic acids is 4. The number of nitrogens with zero attached hydrogens (tertiary/aromatic N) is 4. The van der Waals surface area contributed by atoms with Crippen LogP contribution in [0.25, 0.3) is 11.1 Å². The van der Waals surface area contributed by atoms with Crippen LogP contribution in [-0.4, -0.2) is 40.4 Å². The lowest BCUT2D eigenvalue weighted by Gasteiger charge is -2.16. The predicted molar refractivity (Wildman–Crippen MR) is 166 cm³/mol. The monoisotopic (exact) mass is 661 g/mol. The SMILES string of the molecule is N#Cc1c(N)nc(SC2CC(=O)N(c3ccc(C(=O)OCC(=O)c4ccc(Cl)c(Cl)c4)cc3)C2=O)c(C#N)c1-c1ccsc1. The lowest BCUT2D eigenvalue weighted by atomic mass is 9.99. The number of hydrogen-bond acceptors (Lipinski definition) is 11. The van der Waals surface area contributed by atoms with E-state index in [9.17, 15) is 29.7 Å². The number of anilines is 2. The van der Waals surface area contributed by atoms with Crippen LogP contribution >= 0.6 is 46.3 Å². The third kappa shape index (κ3) is 6.02. The number of nitrogen functional groups attached to an aromatic ring is 1. The number of imide groups is 1. The zero-order valence-corrected chi connectivity index (χ0v) is 25.4. The number of nitriles is 2. The number of Topliss-reactive ketones (excluding diaryl/α,β-unsaturated/α-hetero) is 1. The number of thioether (sulfide) groups is 1. The molecule has 218 valence electrons. The summed E-state index contributed by atoms with van der Waals surface area (Å²) in [6.07, 6.45) is -0.176. The van der Waals surface area contributed by atoms with Crippen molar-refractivity contribution in [3.63, 3.8) is 0 Å². The van der Waals surface area contributed by atoms with Gasteiger partial charge in [0.15, 0.2) is 12.4 Å². The van der Waals surface area contributed by atoms with Gasteiger partial charge < -0.3 is 10.5 Å². The van der Waals surface area contributed by atoms with E-state index in [-0.39, 0.29) is 55.3 Å². The summed E-state index contributed by atoms with van der Waals surface area (Å²) in [7, 11) is 0. The van der Waals surface area contributed by atoms with E-state index in [1.165, 1.54) is 53.8 Å². The largest absolute Gasteiger partial charge is 0.454 e. The minimum atomic E-state index is -0.915. The molecule has 5 rings (SSSR count). The number of benzene rings is 2. The number of hydrogen-bond donors (Lipinski definition) is 1. The Hall–Kier alpha value is -4.72. The number of pyridine rings is 1. The molecule has 1 unspecified atom stereocenters. The van der Waals surface area contributed by atoms with Crippen LogP contribution in [-0.2, 0) is 14.3 Å². The van der Waals surface area contributed by atoms with Crippen molar-refractivity contribution >= 4 is 81.4 Å². The van der Waals surface area contributed by atoms with Crippen molar-refractivity contribution in [1.29, 1.82) is 10.5 Å². The van der Waals surface area contributed by atoms with Crippen LogP contribution in [0, 0.1) is 22.7 Å². The highest BCUT2D eigenvalue weighted by Gasteiger charge is 2.41. The molecule has 2 aromatic carbocycles. The van der Waals surface area contributed by atoms with E-state index in [1.54, 1.807) is 16.8 Å². The first-order valence-electron chi connectivity index (χ1n) is 12.6. The Morgan fingerprint density at radius 2 is 1.75 bits per heavy atom. The van der Waals surface area contributed by atoms with Gasteiger partial charge in [0.1, 0.15) is 28.5 Å². The molecule has 0 radical (unpaired) electrons. The first-order valence-corrected chi connectivity index (χ1v) is 15.2. The Labute approximate surface area is 268 Å². The van der Waals surface area contributed by atoms with Crippen LogP contribution in [0.4, 0.5) is 11.5 Å². The molecule has 2 N–H and O–H groups in total. The summed E-state index contributed by atoms with van der Waals surface area (Å²) in [4.78, 5) is 56.4. The number of halogens is 2. The third-order valence-electron chi connectivity index (χ3n) is 6.52. The molecule has 2 amide bonds. The number of carbonyl (C=O) groups is 4. The minimum Gasteiger partial charge on any atom is -0.454 e. The van der Waals surface area contributed by atoms with Gasteiger partial charge in [-0.1, -0.05) is 35.0 Å². The fraction of sp³-hybridized carbons (Fsp3) is 0.100. The molecule has 4 aromatic rings. The topological polar surface area (TPSA) is 167 Å². The number of aromatic nitrogens is 1. The second kappa shape index (κ2) is 12.9. The molecule has 1 atom stereocenters. The Kier molecular flexibility index (Phi) is 8.99. The summed E-state index contributed by atoms with van der Waals surface area (Å²) in [5, 5.41) is 22.9. The van der Waals surface area contributed by atoms with Gasteiger partial charge in [0.25, 0.3) is 0 Å². The number of nitrogens with two attached hydrogens (primary N) is 1. The van der Waals surface area contributed by atoms with Gasteiger partial charge in [-0.25, -0.2) is 14.7 Å². The van der Waals surface area contributed by atoms with Crippen molar-refractivity contribution in [2.75, 3.05) is 17.2 Å². The van der Waals surface area contributed by atoms with E-state index in [1.807, 2.05) is 6.07 Å². The van der Waals surface area contributed by atoms with E-state index in [0.717, 1.165) is 16.7 Å². The third-order valence-corrected chi connectivity index (χ3v) is 9.12. The molecular formula is C30H17Cl2N5O5S2. The average molecular weight is 663 g/mol. The lowest BCUT2D eigenvalue weighted by molar-refractivity contribution is -0.121. The first-order chi connectivity index (χ1) is 21.1. The van der Waals surface area contributed by atoms with Gasteiger partial charge in [-0.05, 0) is 64.9 Å². The average Bonchev–Trinajstić information content (AvgIpc) is 3.64. The van der Waals surface area contributed by atoms with E-state index in [2.05, 4.69) is 11.1 Å². The molecule has 2 aromatic heterocycles. The highest BCUT2D eigenvalue weighted by atomic mass is 35.5. The zero-order chi connectivity index (χ0) is 31.5. The van der Waals surface area contributed by atoms with Crippen LogP contribution in [0.3, 0.4) is 0 Å². The standard InChI is InChI=1S/C30H17Cl2N5O5S2/c31-21-6-3-16(9-22(21)32)23(38)13-42-30(41)15-1-4-18(5-2-15)37-25(39)10-24(29(37)40)44-28-20(12-34)26(17-7-8-43-14-17)19(11-33)27(35)36-28/h1-9,14,24H,10,13H2,(H2,35,36). The van der Waals surface area contributed by atoms with Crippen LogP contribution in [0.2, 0.25) is 10.0 Å². The molecule has 14 heteroatoms. The van der Waals surface area contributed by atoms with E-state index >= 15 is 0 Å². The van der Waals surface area contributed by atoms with Crippen molar-refractivity contribution in [2.45, 2.75) is 16.7 Å². The van der Waals surface area contributed by atoms with E-state index in [4.69, 9.17) is 33.7 Å². The van der Waals surface area contributed by atoms with Gasteiger partial charge in [-0.15, -0.1) is 0 Å². The maximum atomic E-state index is 13.4. The molecule has 1 fully saturated rings.